The van der Waals surface area contributed by atoms with E-state index in [-0.39, 0.29) is 17.7 Å². The molecule has 4 nitrogen and oxygen atoms in total. The van der Waals surface area contributed by atoms with Crippen LogP contribution in [-0.2, 0) is 9.59 Å². The predicted molar refractivity (Wildman–Crippen MR) is 69.9 cm³/mol. The summed E-state index contributed by atoms with van der Waals surface area (Å²) in [5.41, 5.74) is 0. The zero-order valence-electron chi connectivity index (χ0n) is 11.3. The summed E-state index contributed by atoms with van der Waals surface area (Å²) >= 11 is 0. The van der Waals surface area contributed by atoms with Gasteiger partial charge in [0, 0.05) is 31.5 Å². The average molecular weight is 252 g/mol. The minimum absolute atomic E-state index is 0.113. The second kappa shape index (κ2) is 6.21. The molecule has 2 aliphatic rings. The molecule has 102 valence electrons. The van der Waals surface area contributed by atoms with Crippen molar-refractivity contribution in [1.29, 1.82) is 0 Å². The lowest BCUT2D eigenvalue weighted by molar-refractivity contribution is -0.141. The smallest absolute Gasteiger partial charge is 0.225 e. The van der Waals surface area contributed by atoms with E-state index >= 15 is 0 Å². The van der Waals surface area contributed by atoms with Crippen LogP contribution in [-0.4, -0.2) is 36.3 Å². The van der Waals surface area contributed by atoms with Crippen LogP contribution >= 0.6 is 0 Å². The SMILES string of the molecule is CCCNC(=O)C1CCN(C(=O)C2CCC2)CC1. The van der Waals surface area contributed by atoms with Gasteiger partial charge >= 0.3 is 0 Å². The van der Waals surface area contributed by atoms with E-state index in [0.29, 0.717) is 5.91 Å². The first kappa shape index (κ1) is 13.4. The first-order valence-corrected chi connectivity index (χ1v) is 7.29. The largest absolute Gasteiger partial charge is 0.356 e. The minimum atomic E-state index is 0.113. The van der Waals surface area contributed by atoms with Crippen molar-refractivity contribution in [2.45, 2.75) is 45.4 Å². The molecule has 0 unspecified atom stereocenters. The van der Waals surface area contributed by atoms with Crippen molar-refractivity contribution >= 4 is 11.8 Å². The highest BCUT2D eigenvalue weighted by atomic mass is 16.2. The second-order valence-electron chi connectivity index (χ2n) is 5.52. The fourth-order valence-electron chi connectivity index (χ4n) is 2.67. The minimum Gasteiger partial charge on any atom is -0.356 e. The molecule has 0 atom stereocenters. The highest BCUT2D eigenvalue weighted by Gasteiger charge is 2.32. The molecule has 1 aliphatic carbocycles. The van der Waals surface area contributed by atoms with Crippen molar-refractivity contribution in [3.05, 3.63) is 0 Å². The van der Waals surface area contributed by atoms with Crippen molar-refractivity contribution < 1.29 is 9.59 Å². The van der Waals surface area contributed by atoms with Crippen LogP contribution in [0, 0.1) is 11.8 Å². The zero-order chi connectivity index (χ0) is 13.0. The molecule has 2 rings (SSSR count). The molecular weight excluding hydrogens is 228 g/mol. The molecule has 1 heterocycles. The van der Waals surface area contributed by atoms with Gasteiger partial charge in [-0.1, -0.05) is 13.3 Å². The Morgan fingerprint density at radius 2 is 1.78 bits per heavy atom. The molecule has 0 spiro atoms. The summed E-state index contributed by atoms with van der Waals surface area (Å²) in [7, 11) is 0. The summed E-state index contributed by atoms with van der Waals surface area (Å²) in [5, 5.41) is 2.95. The van der Waals surface area contributed by atoms with E-state index in [1.165, 1.54) is 6.42 Å². The number of carbonyl (C=O) groups is 2. The van der Waals surface area contributed by atoms with E-state index in [0.717, 1.165) is 51.7 Å². The quantitative estimate of drug-likeness (QED) is 0.825. The summed E-state index contributed by atoms with van der Waals surface area (Å²) in [6, 6.07) is 0. The molecule has 1 aliphatic heterocycles. The van der Waals surface area contributed by atoms with E-state index in [1.807, 2.05) is 4.90 Å². The van der Waals surface area contributed by atoms with Crippen LogP contribution in [0.1, 0.15) is 45.4 Å². The van der Waals surface area contributed by atoms with E-state index < -0.39 is 0 Å². The second-order valence-corrected chi connectivity index (χ2v) is 5.52. The van der Waals surface area contributed by atoms with Gasteiger partial charge in [-0.3, -0.25) is 9.59 Å². The topological polar surface area (TPSA) is 49.4 Å². The Balaban J connectivity index is 1.73. The van der Waals surface area contributed by atoms with Gasteiger partial charge in [-0.25, -0.2) is 0 Å². The van der Waals surface area contributed by atoms with Crippen LogP contribution in [0.3, 0.4) is 0 Å². The molecule has 1 N–H and O–H groups in total. The number of rotatable bonds is 4. The fraction of sp³-hybridized carbons (Fsp3) is 0.857. The van der Waals surface area contributed by atoms with Gasteiger partial charge in [-0.05, 0) is 32.1 Å². The maximum atomic E-state index is 12.1. The lowest BCUT2D eigenvalue weighted by atomic mass is 9.83. The van der Waals surface area contributed by atoms with E-state index in [4.69, 9.17) is 0 Å². The van der Waals surface area contributed by atoms with Gasteiger partial charge in [0.25, 0.3) is 0 Å². The molecule has 2 amide bonds. The summed E-state index contributed by atoms with van der Waals surface area (Å²) in [6.07, 6.45) is 5.96. The number of nitrogens with zero attached hydrogens (tertiary/aromatic N) is 1. The number of piperidine rings is 1. The van der Waals surface area contributed by atoms with Crippen LogP contribution in [0.2, 0.25) is 0 Å². The van der Waals surface area contributed by atoms with E-state index in [2.05, 4.69) is 12.2 Å². The van der Waals surface area contributed by atoms with Crippen molar-refractivity contribution in [1.82, 2.24) is 10.2 Å². The van der Waals surface area contributed by atoms with Gasteiger partial charge < -0.3 is 10.2 Å². The molecule has 1 saturated heterocycles. The lowest BCUT2D eigenvalue weighted by Gasteiger charge is -2.36. The molecule has 1 saturated carbocycles. The van der Waals surface area contributed by atoms with Crippen LogP contribution in [0.15, 0.2) is 0 Å². The number of hydrogen-bond donors (Lipinski definition) is 1. The van der Waals surface area contributed by atoms with E-state index in [1.54, 1.807) is 0 Å². The molecule has 0 aromatic rings. The van der Waals surface area contributed by atoms with Gasteiger partial charge in [0.2, 0.25) is 11.8 Å². The Kier molecular flexibility index (Phi) is 4.61. The molecule has 0 aromatic carbocycles. The van der Waals surface area contributed by atoms with Crippen LogP contribution in [0.5, 0.6) is 0 Å². The number of amides is 2. The third-order valence-corrected chi connectivity index (χ3v) is 4.18. The van der Waals surface area contributed by atoms with Crippen LogP contribution < -0.4 is 5.32 Å². The normalized spacial score (nSPS) is 21.5. The van der Waals surface area contributed by atoms with E-state index in [9.17, 15) is 9.59 Å². The molecule has 4 heteroatoms. The summed E-state index contributed by atoms with van der Waals surface area (Å²) in [6.45, 7) is 4.35. The molecule has 0 radical (unpaired) electrons. The molecule has 0 aromatic heterocycles. The van der Waals surface area contributed by atoms with Gasteiger partial charge in [0.05, 0.1) is 0 Å². The Bertz CT molecular complexity index is 305. The van der Waals surface area contributed by atoms with Gasteiger partial charge in [0.15, 0.2) is 0 Å². The third-order valence-electron chi connectivity index (χ3n) is 4.18. The first-order chi connectivity index (χ1) is 8.72. The number of nitrogens with one attached hydrogen (secondary N) is 1. The maximum absolute atomic E-state index is 12.1. The standard InChI is InChI=1S/C14H24N2O2/c1-2-8-15-13(17)11-6-9-16(10-7-11)14(18)12-4-3-5-12/h11-12H,2-10H2,1H3,(H,15,17). The monoisotopic (exact) mass is 252 g/mol. The highest BCUT2D eigenvalue weighted by molar-refractivity contribution is 5.81. The molecule has 18 heavy (non-hydrogen) atoms. The van der Waals surface area contributed by atoms with Crippen molar-refractivity contribution in [2.24, 2.45) is 11.8 Å². The lowest BCUT2D eigenvalue weighted by Crippen LogP contribution is -2.46. The highest BCUT2D eigenvalue weighted by Crippen LogP contribution is 2.29. The van der Waals surface area contributed by atoms with Crippen molar-refractivity contribution in [2.75, 3.05) is 19.6 Å². The predicted octanol–water partition coefficient (Wildman–Crippen LogP) is 1.55. The Morgan fingerprint density at radius 1 is 1.11 bits per heavy atom. The Labute approximate surface area is 109 Å². The fourth-order valence-corrected chi connectivity index (χ4v) is 2.67. The Hall–Kier alpha value is -1.06. The summed E-state index contributed by atoms with van der Waals surface area (Å²) in [5.74, 6) is 0.902. The molecule has 2 fully saturated rings. The van der Waals surface area contributed by atoms with Crippen molar-refractivity contribution in [3.8, 4) is 0 Å². The average Bonchev–Trinajstić information content (AvgIpc) is 2.34. The number of likely N-dealkylation sites (tertiary alicyclic amines) is 1. The van der Waals surface area contributed by atoms with Gasteiger partial charge in [-0.15, -0.1) is 0 Å². The molecule has 0 bridgehead atoms. The van der Waals surface area contributed by atoms with Gasteiger partial charge in [0.1, 0.15) is 0 Å². The summed E-state index contributed by atoms with van der Waals surface area (Å²) < 4.78 is 0. The zero-order valence-corrected chi connectivity index (χ0v) is 11.3. The van der Waals surface area contributed by atoms with Crippen LogP contribution in [0.25, 0.3) is 0 Å². The Morgan fingerprint density at radius 3 is 2.28 bits per heavy atom. The number of carbonyl (C=O) groups excluding carboxylic acids is 2. The van der Waals surface area contributed by atoms with Crippen LogP contribution in [0.4, 0.5) is 0 Å². The number of hydrogen-bond acceptors (Lipinski definition) is 2. The molecular formula is C14H24N2O2. The first-order valence-electron chi connectivity index (χ1n) is 7.29. The summed E-state index contributed by atoms with van der Waals surface area (Å²) in [4.78, 5) is 25.8. The third kappa shape index (κ3) is 3.03. The maximum Gasteiger partial charge on any atom is 0.225 e. The van der Waals surface area contributed by atoms with Gasteiger partial charge in [-0.2, -0.15) is 0 Å². The van der Waals surface area contributed by atoms with Crippen molar-refractivity contribution in [3.63, 3.8) is 0 Å².